The number of anilines is 1. The van der Waals surface area contributed by atoms with E-state index in [1.807, 2.05) is 0 Å². The van der Waals surface area contributed by atoms with Gasteiger partial charge in [0.25, 0.3) is 10.0 Å². The van der Waals surface area contributed by atoms with E-state index in [-0.39, 0.29) is 10.0 Å². The first-order chi connectivity index (χ1) is 10.9. The zero-order valence-corrected chi connectivity index (χ0v) is 13.9. The predicted molar refractivity (Wildman–Crippen MR) is 89.8 cm³/mol. The van der Waals surface area contributed by atoms with Gasteiger partial charge < -0.3 is 0 Å². The number of benzene rings is 2. The van der Waals surface area contributed by atoms with Crippen LogP contribution in [0, 0.1) is 5.82 Å². The molecular weight excluding hydrogens is 359 g/mol. The molecule has 2 aromatic carbocycles. The van der Waals surface area contributed by atoms with Crippen LogP contribution in [-0.2, 0) is 10.0 Å². The summed E-state index contributed by atoms with van der Waals surface area (Å²) in [5, 5.41) is 2.59. The molecule has 118 valence electrons. The summed E-state index contributed by atoms with van der Waals surface area (Å²) < 4.78 is 39.7. The van der Waals surface area contributed by atoms with Gasteiger partial charge in [0.1, 0.15) is 5.82 Å². The molecule has 4 nitrogen and oxygen atoms in total. The van der Waals surface area contributed by atoms with E-state index in [0.29, 0.717) is 10.7 Å². The number of aromatic nitrogens is 1. The normalized spacial score (nSPS) is 11.4. The molecule has 3 rings (SSSR count). The van der Waals surface area contributed by atoms with E-state index < -0.39 is 15.8 Å². The number of halogens is 2. The third-order valence-corrected chi connectivity index (χ3v) is 5.48. The van der Waals surface area contributed by atoms with Gasteiger partial charge in [-0.2, -0.15) is 0 Å². The summed E-state index contributed by atoms with van der Waals surface area (Å²) in [5.41, 5.74) is 1.47. The fraction of sp³-hybridized carbons (Fsp3) is 0. The molecule has 0 unspecified atom stereocenters. The summed E-state index contributed by atoms with van der Waals surface area (Å²) in [6, 6.07) is 11.7. The highest BCUT2D eigenvalue weighted by atomic mass is 35.5. The first kappa shape index (κ1) is 15.9. The molecule has 0 fully saturated rings. The minimum absolute atomic E-state index is 0.0258. The van der Waals surface area contributed by atoms with Crippen molar-refractivity contribution in [3.05, 3.63) is 64.8 Å². The maximum atomic E-state index is 12.9. The molecule has 1 heterocycles. The lowest BCUT2D eigenvalue weighted by Crippen LogP contribution is -2.12. The van der Waals surface area contributed by atoms with Crippen molar-refractivity contribution in [3.63, 3.8) is 0 Å². The van der Waals surface area contributed by atoms with Gasteiger partial charge in [0.05, 0.1) is 10.6 Å². The van der Waals surface area contributed by atoms with Crippen LogP contribution in [0.4, 0.5) is 9.52 Å². The monoisotopic (exact) mass is 368 g/mol. The minimum Gasteiger partial charge on any atom is -0.255 e. The topological polar surface area (TPSA) is 59.1 Å². The highest BCUT2D eigenvalue weighted by Gasteiger charge is 2.16. The van der Waals surface area contributed by atoms with Crippen molar-refractivity contribution in [2.75, 3.05) is 4.72 Å². The van der Waals surface area contributed by atoms with Crippen LogP contribution in [0.15, 0.2) is 58.8 Å². The van der Waals surface area contributed by atoms with E-state index in [0.717, 1.165) is 29.0 Å². The Bertz CT molecular complexity index is 923. The zero-order valence-electron chi connectivity index (χ0n) is 11.5. The Morgan fingerprint density at radius 2 is 1.70 bits per heavy atom. The minimum atomic E-state index is -3.80. The van der Waals surface area contributed by atoms with E-state index in [4.69, 9.17) is 11.6 Å². The number of hydrogen-bond acceptors (Lipinski definition) is 4. The van der Waals surface area contributed by atoms with Gasteiger partial charge in [0.2, 0.25) is 0 Å². The molecule has 0 aliphatic rings. The SMILES string of the molecule is O=S(=O)(Nc1nc(-c2ccc(Cl)cc2)cs1)c1ccc(F)cc1. The molecule has 3 aromatic rings. The van der Waals surface area contributed by atoms with Crippen LogP contribution < -0.4 is 4.72 Å². The van der Waals surface area contributed by atoms with E-state index >= 15 is 0 Å². The van der Waals surface area contributed by atoms with Crippen molar-refractivity contribution >= 4 is 38.1 Å². The summed E-state index contributed by atoms with van der Waals surface area (Å²) in [4.78, 5) is 4.22. The Hall–Kier alpha value is -1.96. The number of nitrogens with one attached hydrogen (secondary N) is 1. The van der Waals surface area contributed by atoms with E-state index in [9.17, 15) is 12.8 Å². The van der Waals surface area contributed by atoms with Crippen LogP contribution in [0.3, 0.4) is 0 Å². The van der Waals surface area contributed by atoms with Gasteiger partial charge in [-0.1, -0.05) is 23.7 Å². The summed E-state index contributed by atoms with van der Waals surface area (Å²) in [6.07, 6.45) is 0. The van der Waals surface area contributed by atoms with Crippen molar-refractivity contribution in [1.82, 2.24) is 4.98 Å². The second kappa shape index (κ2) is 6.27. The van der Waals surface area contributed by atoms with Crippen LogP contribution in [-0.4, -0.2) is 13.4 Å². The molecule has 0 aliphatic heterocycles. The van der Waals surface area contributed by atoms with Gasteiger partial charge in [-0.25, -0.2) is 17.8 Å². The molecule has 8 heteroatoms. The first-order valence-electron chi connectivity index (χ1n) is 6.44. The number of hydrogen-bond donors (Lipinski definition) is 1. The van der Waals surface area contributed by atoms with Gasteiger partial charge in [-0.05, 0) is 36.4 Å². The highest BCUT2D eigenvalue weighted by molar-refractivity contribution is 7.93. The molecule has 1 N–H and O–H groups in total. The van der Waals surface area contributed by atoms with Crippen LogP contribution in [0.2, 0.25) is 5.02 Å². The lowest BCUT2D eigenvalue weighted by Gasteiger charge is -2.04. The molecular formula is C15H10ClFN2O2S2. The molecule has 1 aromatic heterocycles. The number of sulfonamides is 1. The second-order valence-electron chi connectivity index (χ2n) is 4.60. The zero-order chi connectivity index (χ0) is 16.4. The fourth-order valence-corrected chi connectivity index (χ4v) is 3.96. The van der Waals surface area contributed by atoms with Gasteiger partial charge in [0.15, 0.2) is 5.13 Å². The lowest BCUT2D eigenvalue weighted by molar-refractivity contribution is 0.599. The van der Waals surface area contributed by atoms with Crippen LogP contribution in [0.5, 0.6) is 0 Å². The first-order valence-corrected chi connectivity index (χ1v) is 9.18. The number of rotatable bonds is 4. The van der Waals surface area contributed by atoms with E-state index in [1.165, 1.54) is 12.1 Å². The third-order valence-electron chi connectivity index (χ3n) is 2.99. The van der Waals surface area contributed by atoms with Gasteiger partial charge in [-0.3, -0.25) is 4.72 Å². The molecule has 0 aliphatic carbocycles. The summed E-state index contributed by atoms with van der Waals surface area (Å²) in [6.45, 7) is 0. The van der Waals surface area contributed by atoms with Crippen LogP contribution in [0.25, 0.3) is 11.3 Å². The van der Waals surface area contributed by atoms with E-state index in [2.05, 4.69) is 9.71 Å². The summed E-state index contributed by atoms with van der Waals surface area (Å²) >= 11 is 7.00. The Labute approximate surface area is 141 Å². The Morgan fingerprint density at radius 3 is 2.35 bits per heavy atom. The fourth-order valence-electron chi connectivity index (χ4n) is 1.86. The molecule has 0 atom stereocenters. The third kappa shape index (κ3) is 3.69. The Balaban J connectivity index is 1.83. The molecule has 0 radical (unpaired) electrons. The average Bonchev–Trinajstić information content (AvgIpc) is 2.96. The number of nitrogens with zero attached hydrogens (tertiary/aromatic N) is 1. The molecule has 23 heavy (non-hydrogen) atoms. The van der Waals surface area contributed by atoms with Gasteiger partial charge in [-0.15, -0.1) is 11.3 Å². The van der Waals surface area contributed by atoms with Crippen molar-refractivity contribution in [1.29, 1.82) is 0 Å². The highest BCUT2D eigenvalue weighted by Crippen LogP contribution is 2.27. The molecule has 0 amide bonds. The van der Waals surface area contributed by atoms with Gasteiger partial charge >= 0.3 is 0 Å². The average molecular weight is 369 g/mol. The van der Waals surface area contributed by atoms with Crippen LogP contribution >= 0.6 is 22.9 Å². The smallest absolute Gasteiger partial charge is 0.255 e. The summed E-state index contributed by atoms with van der Waals surface area (Å²) in [7, 11) is -3.80. The Kier molecular flexibility index (Phi) is 4.34. The van der Waals surface area contributed by atoms with Crippen molar-refractivity contribution in [2.45, 2.75) is 4.90 Å². The molecule has 0 bridgehead atoms. The van der Waals surface area contributed by atoms with Crippen molar-refractivity contribution < 1.29 is 12.8 Å². The standard InChI is InChI=1S/C15H10ClFN2O2S2/c16-11-3-1-10(2-4-11)14-9-22-15(18-14)19-23(20,21)13-7-5-12(17)6-8-13/h1-9H,(H,18,19). The maximum Gasteiger partial charge on any atom is 0.263 e. The summed E-state index contributed by atoms with van der Waals surface area (Å²) in [5.74, 6) is -0.497. The molecule has 0 spiro atoms. The largest absolute Gasteiger partial charge is 0.263 e. The van der Waals surface area contributed by atoms with Crippen molar-refractivity contribution in [3.8, 4) is 11.3 Å². The second-order valence-corrected chi connectivity index (χ2v) is 7.58. The maximum absolute atomic E-state index is 12.9. The quantitative estimate of drug-likeness (QED) is 0.742. The van der Waals surface area contributed by atoms with Crippen molar-refractivity contribution in [2.24, 2.45) is 0 Å². The van der Waals surface area contributed by atoms with Gasteiger partial charge in [0, 0.05) is 16.0 Å². The Morgan fingerprint density at radius 1 is 1.04 bits per heavy atom. The van der Waals surface area contributed by atoms with E-state index in [1.54, 1.807) is 29.6 Å². The lowest BCUT2D eigenvalue weighted by atomic mass is 10.2. The molecule has 0 saturated carbocycles. The van der Waals surface area contributed by atoms with Crippen LogP contribution in [0.1, 0.15) is 0 Å². The molecule has 0 saturated heterocycles. The number of thiazole rings is 1. The predicted octanol–water partition coefficient (Wildman–Crippen LogP) is 4.40.